The van der Waals surface area contributed by atoms with E-state index in [1.165, 1.54) is 13.8 Å². The molecule has 23 heavy (non-hydrogen) atoms. The van der Waals surface area contributed by atoms with Gasteiger partial charge in [-0.05, 0) is 39.0 Å². The summed E-state index contributed by atoms with van der Waals surface area (Å²) < 4.78 is 45.5. The molecular formula is C13H14FN3O5S. The van der Waals surface area contributed by atoms with Gasteiger partial charge < -0.3 is 9.63 Å². The van der Waals surface area contributed by atoms with E-state index < -0.39 is 37.8 Å². The van der Waals surface area contributed by atoms with Crippen LogP contribution in [0.1, 0.15) is 35.9 Å². The fourth-order valence-corrected chi connectivity index (χ4v) is 3.26. The van der Waals surface area contributed by atoms with Crippen LogP contribution in [-0.2, 0) is 15.6 Å². The van der Waals surface area contributed by atoms with Crippen molar-refractivity contribution in [3.63, 3.8) is 0 Å². The summed E-state index contributed by atoms with van der Waals surface area (Å²) in [6.07, 6.45) is 0. The van der Waals surface area contributed by atoms with Crippen LogP contribution < -0.4 is 4.72 Å². The zero-order chi connectivity index (χ0) is 17.4. The van der Waals surface area contributed by atoms with Gasteiger partial charge in [-0.2, -0.15) is 9.71 Å². The predicted octanol–water partition coefficient (Wildman–Crippen LogP) is 1.43. The minimum Gasteiger partial charge on any atom is -0.478 e. The molecular weight excluding hydrogens is 329 g/mol. The summed E-state index contributed by atoms with van der Waals surface area (Å²) in [4.78, 5) is 14.4. The van der Waals surface area contributed by atoms with Crippen LogP contribution in [0.4, 0.5) is 4.39 Å². The van der Waals surface area contributed by atoms with Gasteiger partial charge in [0, 0.05) is 0 Å². The molecule has 0 unspecified atom stereocenters. The SMILES string of the molecule is Cc1noc(C(C)(C)NS(=O)(=O)c2cc(F)cc(C(=O)O)c2)n1. The number of hydrogen-bond acceptors (Lipinski definition) is 6. The lowest BCUT2D eigenvalue weighted by Crippen LogP contribution is -2.41. The Bertz CT molecular complexity index is 860. The van der Waals surface area contributed by atoms with Crippen molar-refractivity contribution < 1.29 is 27.2 Å². The number of nitrogens with zero attached hydrogens (tertiary/aromatic N) is 2. The zero-order valence-corrected chi connectivity index (χ0v) is 13.3. The van der Waals surface area contributed by atoms with Gasteiger partial charge in [0.05, 0.1) is 10.5 Å². The Hall–Kier alpha value is -2.33. The van der Waals surface area contributed by atoms with Crippen LogP contribution in [0.25, 0.3) is 0 Å². The van der Waals surface area contributed by atoms with Crippen LogP contribution in [0, 0.1) is 12.7 Å². The molecule has 2 aromatic rings. The van der Waals surface area contributed by atoms with E-state index in [-0.39, 0.29) is 5.89 Å². The number of aryl methyl sites for hydroxylation is 1. The fraction of sp³-hybridized carbons (Fsp3) is 0.308. The molecule has 0 amide bonds. The third-order valence-corrected chi connectivity index (χ3v) is 4.52. The lowest BCUT2D eigenvalue weighted by molar-refractivity contribution is 0.0696. The maximum atomic E-state index is 13.5. The molecule has 2 rings (SSSR count). The van der Waals surface area contributed by atoms with E-state index in [4.69, 9.17) is 9.63 Å². The largest absolute Gasteiger partial charge is 0.478 e. The Morgan fingerprint density at radius 2 is 2.00 bits per heavy atom. The molecule has 0 aliphatic rings. The number of benzene rings is 1. The Morgan fingerprint density at radius 1 is 1.35 bits per heavy atom. The van der Waals surface area contributed by atoms with Crippen LogP contribution >= 0.6 is 0 Å². The third-order valence-electron chi connectivity index (χ3n) is 2.88. The zero-order valence-electron chi connectivity index (χ0n) is 12.5. The summed E-state index contributed by atoms with van der Waals surface area (Å²) in [6, 6.07) is 2.32. The topological polar surface area (TPSA) is 122 Å². The molecule has 0 aliphatic carbocycles. The molecule has 0 bridgehead atoms. The Balaban J connectivity index is 2.41. The molecule has 2 N–H and O–H groups in total. The second-order valence-electron chi connectivity index (χ2n) is 5.36. The molecule has 10 heteroatoms. The van der Waals surface area contributed by atoms with Gasteiger partial charge in [-0.25, -0.2) is 17.6 Å². The van der Waals surface area contributed by atoms with Gasteiger partial charge in [0.15, 0.2) is 5.82 Å². The number of hydrogen-bond donors (Lipinski definition) is 2. The van der Waals surface area contributed by atoms with Crippen molar-refractivity contribution >= 4 is 16.0 Å². The Labute approximate surface area is 131 Å². The highest BCUT2D eigenvalue weighted by atomic mass is 32.2. The molecule has 1 aromatic carbocycles. The molecule has 0 saturated heterocycles. The number of sulfonamides is 1. The van der Waals surface area contributed by atoms with Gasteiger partial charge in [-0.1, -0.05) is 5.16 Å². The first-order valence-electron chi connectivity index (χ1n) is 6.40. The molecule has 1 heterocycles. The standard InChI is InChI=1S/C13H14FN3O5S/c1-7-15-12(22-16-7)13(2,3)17-23(20,21)10-5-8(11(18)19)4-9(14)6-10/h4-6,17H,1-3H3,(H,18,19). The summed E-state index contributed by atoms with van der Waals surface area (Å²) in [6.45, 7) is 4.53. The van der Waals surface area contributed by atoms with Crippen molar-refractivity contribution in [3.05, 3.63) is 41.3 Å². The predicted molar refractivity (Wildman–Crippen MR) is 75.7 cm³/mol. The van der Waals surface area contributed by atoms with Crippen LogP contribution in [0.15, 0.2) is 27.6 Å². The smallest absolute Gasteiger partial charge is 0.335 e. The first kappa shape index (κ1) is 17.0. The van der Waals surface area contributed by atoms with Crippen molar-refractivity contribution in [3.8, 4) is 0 Å². The van der Waals surface area contributed by atoms with Crippen molar-refractivity contribution in [1.29, 1.82) is 0 Å². The van der Waals surface area contributed by atoms with Crippen LogP contribution in [0.3, 0.4) is 0 Å². The van der Waals surface area contributed by atoms with Gasteiger partial charge in [-0.3, -0.25) is 0 Å². The highest BCUT2D eigenvalue weighted by Gasteiger charge is 2.33. The third kappa shape index (κ3) is 3.71. The minimum absolute atomic E-state index is 0.0217. The normalized spacial score (nSPS) is 12.3. The van der Waals surface area contributed by atoms with Crippen molar-refractivity contribution in [2.75, 3.05) is 0 Å². The van der Waals surface area contributed by atoms with E-state index in [2.05, 4.69) is 14.9 Å². The average molecular weight is 343 g/mol. The van der Waals surface area contributed by atoms with Crippen LogP contribution in [0.2, 0.25) is 0 Å². The van der Waals surface area contributed by atoms with E-state index in [1.54, 1.807) is 6.92 Å². The monoisotopic (exact) mass is 343 g/mol. The lowest BCUT2D eigenvalue weighted by Gasteiger charge is -2.21. The van der Waals surface area contributed by atoms with Crippen molar-refractivity contribution in [1.82, 2.24) is 14.9 Å². The Kier molecular flexibility index (Phi) is 4.22. The molecule has 0 fully saturated rings. The number of carboxylic acids is 1. The van der Waals surface area contributed by atoms with E-state index >= 15 is 0 Å². The van der Waals surface area contributed by atoms with Crippen LogP contribution in [0.5, 0.6) is 0 Å². The van der Waals surface area contributed by atoms with E-state index in [0.717, 1.165) is 18.2 Å². The molecule has 0 saturated carbocycles. The number of rotatable bonds is 5. The van der Waals surface area contributed by atoms with Gasteiger partial charge in [0.2, 0.25) is 15.9 Å². The number of halogens is 1. The highest BCUT2D eigenvalue weighted by Crippen LogP contribution is 2.23. The van der Waals surface area contributed by atoms with Crippen molar-refractivity contribution in [2.45, 2.75) is 31.2 Å². The molecule has 0 atom stereocenters. The number of aromatic nitrogens is 2. The highest BCUT2D eigenvalue weighted by molar-refractivity contribution is 7.89. The van der Waals surface area contributed by atoms with Gasteiger partial charge in [-0.15, -0.1) is 0 Å². The summed E-state index contributed by atoms with van der Waals surface area (Å²) in [5.41, 5.74) is -1.74. The number of nitrogens with one attached hydrogen (secondary N) is 1. The average Bonchev–Trinajstić information content (AvgIpc) is 2.84. The number of carboxylic acid groups (broad SMARTS) is 1. The molecule has 0 aliphatic heterocycles. The van der Waals surface area contributed by atoms with Gasteiger partial charge >= 0.3 is 5.97 Å². The Morgan fingerprint density at radius 3 is 2.52 bits per heavy atom. The number of carbonyl (C=O) groups is 1. The van der Waals surface area contributed by atoms with E-state index in [9.17, 15) is 17.6 Å². The maximum absolute atomic E-state index is 13.5. The molecule has 124 valence electrons. The first-order chi connectivity index (χ1) is 10.5. The summed E-state index contributed by atoms with van der Waals surface area (Å²) in [5.74, 6) is -2.07. The lowest BCUT2D eigenvalue weighted by atomic mass is 10.1. The first-order valence-corrected chi connectivity index (χ1v) is 7.88. The van der Waals surface area contributed by atoms with Gasteiger partial charge in [0.25, 0.3) is 0 Å². The quantitative estimate of drug-likeness (QED) is 0.842. The second kappa shape index (κ2) is 5.70. The molecule has 8 nitrogen and oxygen atoms in total. The summed E-state index contributed by atoms with van der Waals surface area (Å²) >= 11 is 0. The van der Waals surface area contributed by atoms with Crippen LogP contribution in [-0.4, -0.2) is 29.6 Å². The number of aromatic carboxylic acids is 1. The maximum Gasteiger partial charge on any atom is 0.335 e. The fourth-order valence-electron chi connectivity index (χ4n) is 1.83. The molecule has 0 spiro atoms. The van der Waals surface area contributed by atoms with Crippen molar-refractivity contribution in [2.24, 2.45) is 0 Å². The summed E-state index contributed by atoms with van der Waals surface area (Å²) in [5, 5.41) is 12.5. The molecule has 0 radical (unpaired) electrons. The van der Waals surface area contributed by atoms with E-state index in [1.807, 2.05) is 0 Å². The minimum atomic E-state index is -4.22. The summed E-state index contributed by atoms with van der Waals surface area (Å²) in [7, 11) is -4.22. The molecule has 1 aromatic heterocycles. The van der Waals surface area contributed by atoms with Gasteiger partial charge in [0.1, 0.15) is 11.4 Å². The second-order valence-corrected chi connectivity index (χ2v) is 7.04. The van der Waals surface area contributed by atoms with E-state index in [0.29, 0.717) is 5.82 Å².